The van der Waals surface area contributed by atoms with Gasteiger partial charge in [-0.15, -0.1) is 0 Å². The molecule has 1 aliphatic rings. The molecule has 2 rings (SSSR count). The van der Waals surface area contributed by atoms with Gasteiger partial charge in [0, 0.05) is 13.1 Å². The van der Waals surface area contributed by atoms with Crippen LogP contribution in [-0.4, -0.2) is 24.2 Å². The highest BCUT2D eigenvalue weighted by atomic mass is 19.1. The number of anilines is 1. The molecule has 0 spiro atoms. The predicted molar refractivity (Wildman–Crippen MR) is 63.9 cm³/mol. The zero-order valence-corrected chi connectivity index (χ0v) is 9.98. The van der Waals surface area contributed by atoms with E-state index >= 15 is 0 Å². The molecule has 17 heavy (non-hydrogen) atoms. The molecule has 1 aromatic carbocycles. The van der Waals surface area contributed by atoms with Crippen LogP contribution in [0.25, 0.3) is 0 Å². The van der Waals surface area contributed by atoms with Crippen LogP contribution in [0.3, 0.4) is 0 Å². The smallest absolute Gasteiger partial charge is 0.335 e. The highest BCUT2D eigenvalue weighted by Crippen LogP contribution is 2.36. The average molecular weight is 237 g/mol. The maximum Gasteiger partial charge on any atom is 0.335 e. The van der Waals surface area contributed by atoms with E-state index in [2.05, 4.69) is 6.92 Å². The van der Waals surface area contributed by atoms with Crippen molar-refractivity contribution in [2.45, 2.75) is 25.8 Å². The van der Waals surface area contributed by atoms with E-state index in [9.17, 15) is 9.18 Å². The van der Waals surface area contributed by atoms with E-state index in [0.717, 1.165) is 6.07 Å². The van der Waals surface area contributed by atoms with Crippen molar-refractivity contribution in [1.82, 2.24) is 0 Å². The number of benzene rings is 1. The first kappa shape index (κ1) is 11.9. The second-order valence-electron chi connectivity index (χ2n) is 4.66. The normalized spacial score (nSPS) is 16.6. The van der Waals surface area contributed by atoms with E-state index in [4.69, 9.17) is 5.11 Å². The second kappa shape index (κ2) is 4.35. The third kappa shape index (κ3) is 2.40. The van der Waals surface area contributed by atoms with Gasteiger partial charge >= 0.3 is 5.97 Å². The molecule has 0 aliphatic heterocycles. The lowest BCUT2D eigenvalue weighted by molar-refractivity contribution is 0.0696. The molecule has 3 nitrogen and oxygen atoms in total. The zero-order valence-electron chi connectivity index (χ0n) is 9.98. The van der Waals surface area contributed by atoms with Gasteiger partial charge in [0.05, 0.1) is 11.3 Å². The number of rotatable bonds is 4. The summed E-state index contributed by atoms with van der Waals surface area (Å²) in [5.74, 6) is -0.938. The van der Waals surface area contributed by atoms with Gasteiger partial charge in [0.15, 0.2) is 0 Å². The molecule has 1 saturated carbocycles. The molecule has 1 aliphatic carbocycles. The Morgan fingerprint density at radius 2 is 2.18 bits per heavy atom. The van der Waals surface area contributed by atoms with E-state index in [-0.39, 0.29) is 5.56 Å². The summed E-state index contributed by atoms with van der Waals surface area (Å²) in [6, 6.07) is 4.35. The first-order chi connectivity index (χ1) is 8.00. The Kier molecular flexibility index (Phi) is 3.05. The SMILES string of the molecule is CC(C1CC1)N(C)c1ccc(C(=O)O)cc1F. The average Bonchev–Trinajstić information content (AvgIpc) is 3.10. The molecule has 1 fully saturated rings. The van der Waals surface area contributed by atoms with Crippen LogP contribution in [0.5, 0.6) is 0 Å². The summed E-state index contributed by atoms with van der Waals surface area (Å²) in [4.78, 5) is 12.6. The number of aromatic carboxylic acids is 1. The first-order valence-corrected chi connectivity index (χ1v) is 5.76. The summed E-state index contributed by atoms with van der Waals surface area (Å²) in [6.07, 6.45) is 2.39. The molecule has 0 bridgehead atoms. The minimum absolute atomic E-state index is 0.0151. The van der Waals surface area contributed by atoms with Crippen LogP contribution < -0.4 is 4.90 Å². The van der Waals surface area contributed by atoms with Crippen LogP contribution in [0.1, 0.15) is 30.1 Å². The maximum absolute atomic E-state index is 13.8. The number of hydrogen-bond acceptors (Lipinski definition) is 2. The van der Waals surface area contributed by atoms with Gasteiger partial charge in [-0.2, -0.15) is 0 Å². The zero-order chi connectivity index (χ0) is 12.6. The van der Waals surface area contributed by atoms with Gasteiger partial charge in [-0.3, -0.25) is 0 Å². The van der Waals surface area contributed by atoms with Gasteiger partial charge in [-0.1, -0.05) is 0 Å². The fraction of sp³-hybridized carbons (Fsp3) is 0.462. The van der Waals surface area contributed by atoms with E-state index in [1.165, 1.54) is 25.0 Å². The summed E-state index contributed by atoms with van der Waals surface area (Å²) in [5, 5.41) is 8.77. The molecule has 1 aromatic rings. The number of hydrogen-bond donors (Lipinski definition) is 1. The van der Waals surface area contributed by atoms with Crippen molar-refractivity contribution in [3.63, 3.8) is 0 Å². The molecule has 92 valence electrons. The molecule has 0 aromatic heterocycles. The quantitative estimate of drug-likeness (QED) is 0.875. The van der Waals surface area contributed by atoms with Crippen LogP contribution >= 0.6 is 0 Å². The number of halogens is 1. The van der Waals surface area contributed by atoms with Crippen molar-refractivity contribution >= 4 is 11.7 Å². The van der Waals surface area contributed by atoms with Crippen LogP contribution in [0.2, 0.25) is 0 Å². The molecule has 0 radical (unpaired) electrons. The van der Waals surface area contributed by atoms with Crippen LogP contribution in [0, 0.1) is 11.7 Å². The van der Waals surface area contributed by atoms with Crippen LogP contribution in [0.4, 0.5) is 10.1 Å². The number of nitrogens with zero attached hydrogens (tertiary/aromatic N) is 1. The number of carboxylic acids is 1. The molecule has 1 N–H and O–H groups in total. The van der Waals surface area contributed by atoms with Crippen molar-refractivity contribution in [3.8, 4) is 0 Å². The third-order valence-electron chi connectivity index (χ3n) is 3.49. The highest BCUT2D eigenvalue weighted by molar-refractivity contribution is 5.88. The van der Waals surface area contributed by atoms with Gasteiger partial charge in [-0.25, -0.2) is 9.18 Å². The topological polar surface area (TPSA) is 40.5 Å². The lowest BCUT2D eigenvalue weighted by Gasteiger charge is -2.27. The van der Waals surface area contributed by atoms with Crippen molar-refractivity contribution in [2.24, 2.45) is 5.92 Å². The molecular weight excluding hydrogens is 221 g/mol. The lowest BCUT2D eigenvalue weighted by Crippen LogP contribution is -2.31. The highest BCUT2D eigenvalue weighted by Gasteiger charge is 2.31. The van der Waals surface area contributed by atoms with E-state index in [1.54, 1.807) is 0 Å². The van der Waals surface area contributed by atoms with E-state index in [1.807, 2.05) is 11.9 Å². The summed E-state index contributed by atoms with van der Waals surface area (Å²) >= 11 is 0. The molecule has 0 saturated heterocycles. The van der Waals surface area contributed by atoms with E-state index < -0.39 is 11.8 Å². The molecular formula is C13H16FNO2. The van der Waals surface area contributed by atoms with Gasteiger partial charge in [-0.05, 0) is 43.9 Å². The fourth-order valence-corrected chi connectivity index (χ4v) is 2.04. The molecule has 0 heterocycles. The van der Waals surface area contributed by atoms with Gasteiger partial charge in [0.25, 0.3) is 0 Å². The Morgan fingerprint density at radius 3 is 2.65 bits per heavy atom. The summed E-state index contributed by atoms with van der Waals surface area (Å²) in [7, 11) is 1.85. The van der Waals surface area contributed by atoms with Gasteiger partial charge in [0.2, 0.25) is 0 Å². The minimum Gasteiger partial charge on any atom is -0.478 e. The fourth-order valence-electron chi connectivity index (χ4n) is 2.04. The number of carboxylic acid groups (broad SMARTS) is 1. The van der Waals surface area contributed by atoms with Crippen molar-refractivity contribution in [1.29, 1.82) is 0 Å². The maximum atomic E-state index is 13.8. The largest absolute Gasteiger partial charge is 0.478 e. The van der Waals surface area contributed by atoms with Gasteiger partial charge in [0.1, 0.15) is 5.82 Å². The Balaban J connectivity index is 2.23. The number of carbonyl (C=O) groups is 1. The van der Waals surface area contributed by atoms with Crippen molar-refractivity contribution in [3.05, 3.63) is 29.6 Å². The Labute approximate surface area is 99.9 Å². The van der Waals surface area contributed by atoms with Crippen molar-refractivity contribution < 1.29 is 14.3 Å². The Morgan fingerprint density at radius 1 is 1.53 bits per heavy atom. The van der Waals surface area contributed by atoms with Crippen LogP contribution in [-0.2, 0) is 0 Å². The summed E-state index contributed by atoms with van der Waals surface area (Å²) in [6.45, 7) is 2.07. The monoisotopic (exact) mass is 237 g/mol. The summed E-state index contributed by atoms with van der Waals surface area (Å²) < 4.78 is 13.8. The first-order valence-electron chi connectivity index (χ1n) is 5.76. The molecule has 1 atom stereocenters. The van der Waals surface area contributed by atoms with E-state index in [0.29, 0.717) is 17.6 Å². The molecule has 4 heteroatoms. The van der Waals surface area contributed by atoms with Gasteiger partial charge < -0.3 is 10.0 Å². The molecule has 0 amide bonds. The Bertz CT molecular complexity index is 443. The third-order valence-corrected chi connectivity index (χ3v) is 3.49. The lowest BCUT2D eigenvalue weighted by atomic mass is 10.1. The standard InChI is InChI=1S/C13H16FNO2/c1-8(9-3-4-9)15(2)12-6-5-10(13(16)17)7-11(12)14/h5-9H,3-4H2,1-2H3,(H,16,17). The second-order valence-corrected chi connectivity index (χ2v) is 4.66. The van der Waals surface area contributed by atoms with Crippen molar-refractivity contribution in [2.75, 3.05) is 11.9 Å². The predicted octanol–water partition coefficient (Wildman–Crippen LogP) is 2.76. The minimum atomic E-state index is -1.10. The molecule has 1 unspecified atom stereocenters. The Hall–Kier alpha value is -1.58. The van der Waals surface area contributed by atoms with Crippen LogP contribution in [0.15, 0.2) is 18.2 Å². The summed E-state index contributed by atoms with van der Waals surface area (Å²) in [5.41, 5.74) is 0.452.